The first-order valence-electron chi connectivity index (χ1n) is 5.70. The van der Waals surface area contributed by atoms with Crippen LogP contribution < -0.4 is 5.32 Å². The maximum absolute atomic E-state index is 6.06. The molecule has 4 heteroatoms. The molecule has 0 saturated heterocycles. The van der Waals surface area contributed by atoms with E-state index in [1.807, 2.05) is 37.3 Å². The van der Waals surface area contributed by atoms with Crippen LogP contribution in [-0.4, -0.2) is 4.98 Å². The van der Waals surface area contributed by atoms with Crippen molar-refractivity contribution < 1.29 is 0 Å². The highest BCUT2D eigenvalue weighted by molar-refractivity contribution is 6.32. The molecule has 0 aliphatic heterocycles. The predicted octanol–water partition coefficient (Wildman–Crippen LogP) is 4.87. The zero-order valence-corrected chi connectivity index (χ0v) is 11.8. The molecule has 0 aliphatic carbocycles. The second kappa shape index (κ2) is 5.59. The zero-order valence-electron chi connectivity index (χ0n) is 10.2. The summed E-state index contributed by atoms with van der Waals surface area (Å²) < 4.78 is 0. The van der Waals surface area contributed by atoms with E-state index in [9.17, 15) is 0 Å². The second-order valence-corrected chi connectivity index (χ2v) is 5.06. The van der Waals surface area contributed by atoms with Crippen LogP contribution in [0.4, 0.5) is 5.69 Å². The molecule has 1 unspecified atom stereocenters. The Hall–Kier alpha value is -1.25. The van der Waals surface area contributed by atoms with Gasteiger partial charge in [0, 0.05) is 17.3 Å². The van der Waals surface area contributed by atoms with E-state index in [-0.39, 0.29) is 6.04 Å². The standard InChI is InChI=1S/C14H14Cl2N2/c1-9-7-13(14(16)17-8-9)18-10(2)11-3-5-12(15)6-4-11/h3-8,10,18H,1-2H3. The number of halogens is 2. The first-order valence-corrected chi connectivity index (χ1v) is 6.46. The van der Waals surface area contributed by atoms with Crippen LogP contribution in [0.25, 0.3) is 0 Å². The van der Waals surface area contributed by atoms with E-state index in [1.165, 1.54) is 0 Å². The lowest BCUT2D eigenvalue weighted by Gasteiger charge is -2.16. The van der Waals surface area contributed by atoms with Gasteiger partial charge in [0.1, 0.15) is 0 Å². The predicted molar refractivity (Wildman–Crippen MR) is 77.5 cm³/mol. The van der Waals surface area contributed by atoms with E-state index in [0.717, 1.165) is 21.8 Å². The fraction of sp³-hybridized carbons (Fsp3) is 0.214. The van der Waals surface area contributed by atoms with E-state index < -0.39 is 0 Å². The molecule has 0 amide bonds. The summed E-state index contributed by atoms with van der Waals surface area (Å²) in [5.41, 5.74) is 3.07. The molecule has 2 aromatic rings. The number of nitrogens with one attached hydrogen (secondary N) is 1. The van der Waals surface area contributed by atoms with Gasteiger partial charge in [0.05, 0.1) is 5.69 Å². The minimum absolute atomic E-state index is 0.142. The SMILES string of the molecule is Cc1cnc(Cl)c(NC(C)c2ccc(Cl)cc2)c1. The van der Waals surface area contributed by atoms with Gasteiger partial charge in [0.15, 0.2) is 5.15 Å². The van der Waals surface area contributed by atoms with Crippen molar-refractivity contribution in [1.82, 2.24) is 4.98 Å². The van der Waals surface area contributed by atoms with Crippen molar-refractivity contribution in [2.24, 2.45) is 0 Å². The first kappa shape index (κ1) is 13.2. The molecule has 18 heavy (non-hydrogen) atoms. The van der Waals surface area contributed by atoms with Gasteiger partial charge in [0.2, 0.25) is 0 Å². The van der Waals surface area contributed by atoms with Crippen molar-refractivity contribution in [2.45, 2.75) is 19.9 Å². The molecule has 2 rings (SSSR count). The van der Waals surface area contributed by atoms with Crippen LogP contribution in [0, 0.1) is 6.92 Å². The molecule has 0 fully saturated rings. The van der Waals surface area contributed by atoms with Crippen LogP contribution >= 0.6 is 23.2 Å². The fourth-order valence-corrected chi connectivity index (χ4v) is 2.01. The Morgan fingerprint density at radius 2 is 1.83 bits per heavy atom. The molecule has 1 atom stereocenters. The maximum Gasteiger partial charge on any atom is 0.152 e. The van der Waals surface area contributed by atoms with Crippen LogP contribution in [0.3, 0.4) is 0 Å². The summed E-state index contributed by atoms with van der Waals surface area (Å²) in [6.45, 7) is 4.06. The lowest BCUT2D eigenvalue weighted by Crippen LogP contribution is -2.07. The number of benzene rings is 1. The number of aryl methyl sites for hydroxylation is 1. The summed E-state index contributed by atoms with van der Waals surface area (Å²) in [5.74, 6) is 0. The van der Waals surface area contributed by atoms with Gasteiger partial charge in [-0.05, 0) is 43.2 Å². The Morgan fingerprint density at radius 3 is 2.50 bits per heavy atom. The molecule has 0 radical (unpaired) electrons. The monoisotopic (exact) mass is 280 g/mol. The normalized spacial score (nSPS) is 12.2. The maximum atomic E-state index is 6.06. The van der Waals surface area contributed by atoms with E-state index in [4.69, 9.17) is 23.2 Å². The van der Waals surface area contributed by atoms with Gasteiger partial charge < -0.3 is 5.32 Å². The van der Waals surface area contributed by atoms with Crippen molar-refractivity contribution in [3.05, 3.63) is 57.8 Å². The number of nitrogens with zero attached hydrogens (tertiary/aromatic N) is 1. The van der Waals surface area contributed by atoms with Crippen molar-refractivity contribution in [2.75, 3.05) is 5.32 Å². The molecular weight excluding hydrogens is 267 g/mol. The minimum atomic E-state index is 0.142. The van der Waals surface area contributed by atoms with Crippen LogP contribution in [-0.2, 0) is 0 Å². The Balaban J connectivity index is 2.18. The minimum Gasteiger partial charge on any atom is -0.376 e. The number of anilines is 1. The molecule has 0 saturated carbocycles. The van der Waals surface area contributed by atoms with Gasteiger partial charge >= 0.3 is 0 Å². The average Bonchev–Trinajstić information content (AvgIpc) is 2.34. The molecule has 1 heterocycles. The number of pyridine rings is 1. The second-order valence-electron chi connectivity index (χ2n) is 4.27. The van der Waals surface area contributed by atoms with Gasteiger partial charge in [-0.1, -0.05) is 35.3 Å². The van der Waals surface area contributed by atoms with Crippen LogP contribution in [0.1, 0.15) is 24.1 Å². The molecule has 1 aromatic heterocycles. The smallest absolute Gasteiger partial charge is 0.152 e. The Morgan fingerprint density at radius 1 is 1.17 bits per heavy atom. The van der Waals surface area contributed by atoms with Crippen molar-refractivity contribution >= 4 is 28.9 Å². The fourth-order valence-electron chi connectivity index (χ4n) is 1.72. The van der Waals surface area contributed by atoms with Crippen molar-refractivity contribution in [3.63, 3.8) is 0 Å². The molecule has 1 N–H and O–H groups in total. The largest absolute Gasteiger partial charge is 0.376 e. The highest BCUT2D eigenvalue weighted by Gasteiger charge is 2.08. The summed E-state index contributed by atoms with van der Waals surface area (Å²) in [5, 5.41) is 4.57. The van der Waals surface area contributed by atoms with Crippen LogP contribution in [0.15, 0.2) is 36.5 Å². The Bertz CT molecular complexity index is 538. The molecule has 2 nitrogen and oxygen atoms in total. The first-order chi connectivity index (χ1) is 8.56. The summed E-state index contributed by atoms with van der Waals surface area (Å²) >= 11 is 11.9. The van der Waals surface area contributed by atoms with Gasteiger partial charge in [-0.3, -0.25) is 0 Å². The third kappa shape index (κ3) is 3.15. The van der Waals surface area contributed by atoms with Gasteiger partial charge in [0.25, 0.3) is 0 Å². The van der Waals surface area contributed by atoms with E-state index in [1.54, 1.807) is 6.20 Å². The lowest BCUT2D eigenvalue weighted by molar-refractivity contribution is 0.882. The van der Waals surface area contributed by atoms with E-state index >= 15 is 0 Å². The number of hydrogen-bond acceptors (Lipinski definition) is 2. The summed E-state index contributed by atoms with van der Waals surface area (Å²) in [6.07, 6.45) is 1.75. The molecular formula is C14H14Cl2N2. The number of rotatable bonds is 3. The highest BCUT2D eigenvalue weighted by Crippen LogP contribution is 2.25. The molecule has 94 valence electrons. The molecule has 1 aromatic carbocycles. The van der Waals surface area contributed by atoms with Crippen LogP contribution in [0.2, 0.25) is 10.2 Å². The molecule has 0 bridgehead atoms. The molecule has 0 aliphatic rings. The summed E-state index contributed by atoms with van der Waals surface area (Å²) in [7, 11) is 0. The Labute approximate surface area is 117 Å². The van der Waals surface area contributed by atoms with Gasteiger partial charge in [-0.25, -0.2) is 4.98 Å². The van der Waals surface area contributed by atoms with Crippen LogP contribution in [0.5, 0.6) is 0 Å². The highest BCUT2D eigenvalue weighted by atomic mass is 35.5. The zero-order chi connectivity index (χ0) is 13.1. The van der Waals surface area contributed by atoms with E-state index in [2.05, 4.69) is 17.2 Å². The quantitative estimate of drug-likeness (QED) is 0.812. The topological polar surface area (TPSA) is 24.9 Å². The number of hydrogen-bond donors (Lipinski definition) is 1. The third-order valence-electron chi connectivity index (χ3n) is 2.72. The number of aromatic nitrogens is 1. The molecule has 0 spiro atoms. The van der Waals surface area contributed by atoms with Gasteiger partial charge in [-0.15, -0.1) is 0 Å². The van der Waals surface area contributed by atoms with Crippen molar-refractivity contribution in [1.29, 1.82) is 0 Å². The average molecular weight is 281 g/mol. The van der Waals surface area contributed by atoms with Crippen molar-refractivity contribution in [3.8, 4) is 0 Å². The summed E-state index contributed by atoms with van der Waals surface area (Å²) in [4.78, 5) is 4.12. The summed E-state index contributed by atoms with van der Waals surface area (Å²) in [6, 6.07) is 9.88. The third-order valence-corrected chi connectivity index (χ3v) is 3.27. The van der Waals surface area contributed by atoms with E-state index in [0.29, 0.717) is 5.15 Å². The lowest BCUT2D eigenvalue weighted by atomic mass is 10.1. The van der Waals surface area contributed by atoms with Gasteiger partial charge in [-0.2, -0.15) is 0 Å². The Kier molecular flexibility index (Phi) is 4.10.